The van der Waals surface area contributed by atoms with Crippen molar-refractivity contribution in [1.29, 1.82) is 0 Å². The molecule has 0 aliphatic rings. The lowest BCUT2D eigenvalue weighted by molar-refractivity contribution is 0.823. The molecule has 4 nitrogen and oxygen atoms in total. The Kier molecular flexibility index (Phi) is 3.31. The molecule has 0 saturated carbocycles. The van der Waals surface area contributed by atoms with Crippen LogP contribution in [0, 0.1) is 6.33 Å². The van der Waals surface area contributed by atoms with Crippen molar-refractivity contribution in [3.63, 3.8) is 0 Å². The van der Waals surface area contributed by atoms with Crippen LogP contribution >= 0.6 is 0 Å². The summed E-state index contributed by atoms with van der Waals surface area (Å²) in [5, 5.41) is 3.05. The van der Waals surface area contributed by atoms with Crippen molar-refractivity contribution >= 4 is 5.95 Å². The summed E-state index contributed by atoms with van der Waals surface area (Å²) in [7, 11) is 0. The van der Waals surface area contributed by atoms with E-state index in [1.165, 1.54) is 12.7 Å². The number of unbranched alkanes of at least 4 members (excludes halogenated alkanes) is 1. The van der Waals surface area contributed by atoms with Gasteiger partial charge in [0.15, 0.2) is 0 Å². The van der Waals surface area contributed by atoms with Gasteiger partial charge in [-0.05, 0) is 6.42 Å². The summed E-state index contributed by atoms with van der Waals surface area (Å²) in [4.78, 5) is 11.3. The third-order valence-corrected chi connectivity index (χ3v) is 1.26. The zero-order valence-electron chi connectivity index (χ0n) is 6.54. The molecule has 0 aliphatic heterocycles. The first-order chi connectivity index (χ1) is 5.43. The Balaban J connectivity index is 2.28. The smallest absolute Gasteiger partial charge is 0.226 e. The fourth-order valence-corrected chi connectivity index (χ4v) is 0.677. The van der Waals surface area contributed by atoms with E-state index in [9.17, 15) is 0 Å². The number of aromatic nitrogens is 3. The molecule has 1 rings (SSSR count). The summed E-state index contributed by atoms with van der Waals surface area (Å²) >= 11 is 0. The third-order valence-electron chi connectivity index (χ3n) is 1.26. The zero-order valence-corrected chi connectivity index (χ0v) is 6.54. The second-order valence-corrected chi connectivity index (χ2v) is 2.19. The monoisotopic (exact) mass is 151 g/mol. The number of nitrogens with one attached hydrogen (secondary N) is 1. The molecule has 1 radical (unpaired) electrons. The largest absolute Gasteiger partial charge is 0.354 e. The van der Waals surface area contributed by atoms with E-state index in [0.717, 1.165) is 13.0 Å². The highest BCUT2D eigenvalue weighted by Crippen LogP contribution is 1.92. The van der Waals surface area contributed by atoms with Gasteiger partial charge in [-0.25, -0.2) is 9.97 Å². The second kappa shape index (κ2) is 4.60. The molecule has 0 aliphatic carbocycles. The molecule has 0 bridgehead atoms. The Hall–Kier alpha value is -1.19. The lowest BCUT2D eigenvalue weighted by Gasteiger charge is -1.99. The van der Waals surface area contributed by atoms with Gasteiger partial charge in [0.1, 0.15) is 6.33 Å². The minimum absolute atomic E-state index is 0.605. The van der Waals surface area contributed by atoms with E-state index in [1.54, 1.807) is 0 Å². The lowest BCUT2D eigenvalue weighted by Crippen LogP contribution is -2.04. The number of hydrogen-bond acceptors (Lipinski definition) is 4. The molecule has 11 heavy (non-hydrogen) atoms. The van der Waals surface area contributed by atoms with E-state index in [2.05, 4.69) is 33.5 Å². The van der Waals surface area contributed by atoms with Gasteiger partial charge in [0, 0.05) is 6.54 Å². The van der Waals surface area contributed by atoms with Gasteiger partial charge in [-0.15, -0.1) is 0 Å². The van der Waals surface area contributed by atoms with Gasteiger partial charge < -0.3 is 5.32 Å². The van der Waals surface area contributed by atoms with Crippen molar-refractivity contribution in [1.82, 2.24) is 15.0 Å². The van der Waals surface area contributed by atoms with E-state index in [0.29, 0.717) is 5.95 Å². The molecule has 0 atom stereocenters. The first kappa shape index (κ1) is 7.91. The standard InChI is InChI=1S/C7H11N4/c1-2-3-4-9-7-10-5-8-6-11-7/h5H,2-4H2,1H3,(H,8,9,10,11). The molecule has 1 N–H and O–H groups in total. The van der Waals surface area contributed by atoms with Gasteiger partial charge in [-0.3, -0.25) is 0 Å². The van der Waals surface area contributed by atoms with Gasteiger partial charge in [-0.2, -0.15) is 4.98 Å². The van der Waals surface area contributed by atoms with Crippen molar-refractivity contribution in [3.8, 4) is 0 Å². The molecule has 0 amide bonds. The number of hydrogen-bond donors (Lipinski definition) is 1. The molecule has 0 unspecified atom stereocenters. The normalized spacial score (nSPS) is 9.55. The molecule has 0 saturated heterocycles. The molecule has 0 aromatic carbocycles. The molecule has 1 aromatic heterocycles. The van der Waals surface area contributed by atoms with E-state index < -0.39 is 0 Å². The molecule has 0 fully saturated rings. The lowest BCUT2D eigenvalue weighted by atomic mass is 10.3. The molecule has 0 spiro atoms. The summed E-state index contributed by atoms with van der Waals surface area (Å²) in [6.07, 6.45) is 6.19. The quantitative estimate of drug-likeness (QED) is 0.649. The maximum Gasteiger partial charge on any atom is 0.226 e. The van der Waals surface area contributed by atoms with Crippen LogP contribution in [0.15, 0.2) is 6.33 Å². The van der Waals surface area contributed by atoms with Crippen molar-refractivity contribution in [2.75, 3.05) is 11.9 Å². The van der Waals surface area contributed by atoms with Gasteiger partial charge in [-0.1, -0.05) is 13.3 Å². The van der Waals surface area contributed by atoms with Crippen LogP contribution in [0.1, 0.15) is 19.8 Å². The molecule has 4 heteroatoms. The first-order valence-corrected chi connectivity index (χ1v) is 3.72. The molecule has 1 aromatic rings. The summed E-state index contributed by atoms with van der Waals surface area (Å²) in [6.45, 7) is 3.05. The Morgan fingerprint density at radius 2 is 2.55 bits per heavy atom. The van der Waals surface area contributed by atoms with Crippen molar-refractivity contribution in [2.45, 2.75) is 19.8 Å². The summed E-state index contributed by atoms with van der Waals surface area (Å²) < 4.78 is 0. The van der Waals surface area contributed by atoms with Crippen LogP contribution in [0.25, 0.3) is 0 Å². The first-order valence-electron chi connectivity index (χ1n) is 3.72. The summed E-state index contributed by atoms with van der Waals surface area (Å²) in [6, 6.07) is 0. The van der Waals surface area contributed by atoms with E-state index in [4.69, 9.17) is 0 Å². The molecular weight excluding hydrogens is 140 g/mol. The Morgan fingerprint density at radius 1 is 1.64 bits per heavy atom. The van der Waals surface area contributed by atoms with Crippen molar-refractivity contribution in [3.05, 3.63) is 12.7 Å². The third kappa shape index (κ3) is 2.93. The Bertz CT molecular complexity index is 187. The van der Waals surface area contributed by atoms with Gasteiger partial charge in [0.05, 0.1) is 0 Å². The highest BCUT2D eigenvalue weighted by Gasteiger charge is 1.90. The zero-order chi connectivity index (χ0) is 7.94. The maximum absolute atomic E-state index is 3.89. The van der Waals surface area contributed by atoms with Gasteiger partial charge in [0.2, 0.25) is 12.3 Å². The highest BCUT2D eigenvalue weighted by molar-refractivity contribution is 5.19. The van der Waals surface area contributed by atoms with Crippen LogP contribution in [-0.2, 0) is 0 Å². The van der Waals surface area contributed by atoms with Gasteiger partial charge >= 0.3 is 0 Å². The van der Waals surface area contributed by atoms with Crippen LogP contribution in [-0.4, -0.2) is 21.5 Å². The summed E-state index contributed by atoms with van der Waals surface area (Å²) in [5.74, 6) is 0.605. The average Bonchev–Trinajstić information content (AvgIpc) is 2.07. The maximum atomic E-state index is 3.89. The van der Waals surface area contributed by atoms with E-state index >= 15 is 0 Å². The predicted molar refractivity (Wildman–Crippen MR) is 42.1 cm³/mol. The van der Waals surface area contributed by atoms with Crippen LogP contribution < -0.4 is 5.32 Å². The minimum atomic E-state index is 0.605. The highest BCUT2D eigenvalue weighted by atomic mass is 15.1. The van der Waals surface area contributed by atoms with Crippen LogP contribution in [0.3, 0.4) is 0 Å². The Morgan fingerprint density at radius 3 is 3.18 bits per heavy atom. The molecule has 59 valence electrons. The van der Waals surface area contributed by atoms with E-state index in [-0.39, 0.29) is 0 Å². The van der Waals surface area contributed by atoms with Crippen LogP contribution in [0.5, 0.6) is 0 Å². The second-order valence-electron chi connectivity index (χ2n) is 2.19. The fraction of sp³-hybridized carbons (Fsp3) is 0.571. The molecular formula is C7H11N4. The van der Waals surface area contributed by atoms with Crippen LogP contribution in [0.4, 0.5) is 5.95 Å². The topological polar surface area (TPSA) is 50.7 Å². The molecule has 1 heterocycles. The van der Waals surface area contributed by atoms with Crippen molar-refractivity contribution < 1.29 is 0 Å². The van der Waals surface area contributed by atoms with Crippen LogP contribution in [0.2, 0.25) is 0 Å². The number of nitrogens with zero attached hydrogens (tertiary/aromatic N) is 3. The van der Waals surface area contributed by atoms with E-state index in [1.807, 2.05) is 0 Å². The predicted octanol–water partition coefficient (Wildman–Crippen LogP) is 0.884. The van der Waals surface area contributed by atoms with Gasteiger partial charge in [0.25, 0.3) is 0 Å². The Labute approximate surface area is 66.1 Å². The SMILES string of the molecule is CCCCNc1n[c]ncn1. The number of rotatable bonds is 4. The average molecular weight is 151 g/mol. The van der Waals surface area contributed by atoms with Crippen molar-refractivity contribution in [2.24, 2.45) is 0 Å². The minimum Gasteiger partial charge on any atom is -0.354 e. The fourth-order valence-electron chi connectivity index (χ4n) is 0.677. The number of anilines is 1. The summed E-state index contributed by atoms with van der Waals surface area (Å²) in [5.41, 5.74) is 0.